The van der Waals surface area contributed by atoms with Crippen LogP contribution in [0.2, 0.25) is 0 Å². The van der Waals surface area contributed by atoms with E-state index in [9.17, 15) is 0 Å². The Morgan fingerprint density at radius 1 is 1.21 bits per heavy atom. The van der Waals surface area contributed by atoms with E-state index in [-0.39, 0.29) is 0 Å². The Balaban J connectivity index is 2.37. The third kappa shape index (κ3) is 3.01. The average molecular weight is 277 g/mol. The SMILES string of the molecule is CCc1nn(Cc2cccc(C)c2)c(CC)c1CCl. The van der Waals surface area contributed by atoms with Crippen LogP contribution in [0, 0.1) is 6.92 Å². The van der Waals surface area contributed by atoms with Gasteiger partial charge in [0.1, 0.15) is 0 Å². The molecule has 0 amide bonds. The van der Waals surface area contributed by atoms with Crippen LogP contribution in [-0.4, -0.2) is 9.78 Å². The van der Waals surface area contributed by atoms with Gasteiger partial charge in [0.25, 0.3) is 0 Å². The minimum atomic E-state index is 0.556. The highest BCUT2D eigenvalue weighted by molar-refractivity contribution is 6.17. The highest BCUT2D eigenvalue weighted by atomic mass is 35.5. The number of benzene rings is 1. The van der Waals surface area contributed by atoms with Gasteiger partial charge in [-0.3, -0.25) is 4.68 Å². The molecular formula is C16H21ClN2. The fourth-order valence-corrected chi connectivity index (χ4v) is 2.85. The van der Waals surface area contributed by atoms with E-state index in [0.29, 0.717) is 5.88 Å². The van der Waals surface area contributed by atoms with E-state index in [0.717, 1.165) is 25.1 Å². The zero-order chi connectivity index (χ0) is 13.8. The molecule has 19 heavy (non-hydrogen) atoms. The van der Waals surface area contributed by atoms with Gasteiger partial charge in [-0.2, -0.15) is 5.10 Å². The molecule has 1 aromatic heterocycles. The predicted molar refractivity (Wildman–Crippen MR) is 80.8 cm³/mol. The molecule has 0 saturated heterocycles. The van der Waals surface area contributed by atoms with E-state index in [2.05, 4.69) is 49.7 Å². The molecule has 3 heteroatoms. The number of halogens is 1. The Labute approximate surface area is 120 Å². The maximum atomic E-state index is 6.08. The lowest BCUT2D eigenvalue weighted by atomic mass is 10.1. The number of nitrogens with zero attached hydrogens (tertiary/aromatic N) is 2. The summed E-state index contributed by atoms with van der Waals surface area (Å²) in [6, 6.07) is 8.59. The van der Waals surface area contributed by atoms with Crippen LogP contribution in [0.25, 0.3) is 0 Å². The summed E-state index contributed by atoms with van der Waals surface area (Å²) >= 11 is 6.08. The molecule has 0 aliphatic carbocycles. The predicted octanol–water partition coefficient (Wildman–Crippen LogP) is 4.10. The van der Waals surface area contributed by atoms with Crippen molar-refractivity contribution in [3.8, 4) is 0 Å². The molecule has 0 unspecified atom stereocenters. The quantitative estimate of drug-likeness (QED) is 0.752. The molecule has 0 fully saturated rings. The zero-order valence-electron chi connectivity index (χ0n) is 11.9. The average Bonchev–Trinajstić information content (AvgIpc) is 2.75. The number of hydrogen-bond donors (Lipinski definition) is 0. The van der Waals surface area contributed by atoms with Crippen molar-refractivity contribution in [3.05, 3.63) is 52.3 Å². The molecule has 2 aromatic rings. The third-order valence-corrected chi connectivity index (χ3v) is 3.74. The Hall–Kier alpha value is -1.28. The van der Waals surface area contributed by atoms with Gasteiger partial charge in [0.2, 0.25) is 0 Å². The molecular weight excluding hydrogens is 256 g/mol. The first-order valence-corrected chi connectivity index (χ1v) is 7.42. The molecule has 0 radical (unpaired) electrons. The molecule has 1 heterocycles. The Kier molecular flexibility index (Phi) is 4.65. The lowest BCUT2D eigenvalue weighted by Gasteiger charge is -2.08. The topological polar surface area (TPSA) is 17.8 Å². The summed E-state index contributed by atoms with van der Waals surface area (Å²) in [5, 5.41) is 4.73. The van der Waals surface area contributed by atoms with Crippen LogP contribution >= 0.6 is 11.6 Å². The van der Waals surface area contributed by atoms with Crippen LogP contribution in [0.3, 0.4) is 0 Å². The summed E-state index contributed by atoms with van der Waals surface area (Å²) in [5.41, 5.74) is 6.21. The molecule has 0 aliphatic heterocycles. The monoisotopic (exact) mass is 276 g/mol. The first-order valence-electron chi connectivity index (χ1n) is 6.88. The second-order valence-electron chi connectivity index (χ2n) is 4.86. The number of rotatable bonds is 5. The summed E-state index contributed by atoms with van der Waals surface area (Å²) in [6.45, 7) is 7.25. The molecule has 0 aliphatic rings. The van der Waals surface area contributed by atoms with Crippen molar-refractivity contribution in [2.45, 2.75) is 46.0 Å². The second kappa shape index (κ2) is 6.25. The Morgan fingerprint density at radius 2 is 2.00 bits per heavy atom. The zero-order valence-corrected chi connectivity index (χ0v) is 12.7. The normalized spacial score (nSPS) is 10.9. The fraction of sp³-hybridized carbons (Fsp3) is 0.438. The lowest BCUT2D eigenvalue weighted by molar-refractivity contribution is 0.639. The molecule has 0 N–H and O–H groups in total. The molecule has 0 spiro atoms. The Bertz CT molecular complexity index is 558. The summed E-state index contributed by atoms with van der Waals surface area (Å²) < 4.78 is 2.12. The van der Waals surface area contributed by atoms with Crippen LogP contribution in [-0.2, 0) is 25.3 Å². The maximum absolute atomic E-state index is 6.08. The van der Waals surface area contributed by atoms with E-state index in [4.69, 9.17) is 16.7 Å². The summed E-state index contributed by atoms with van der Waals surface area (Å²) in [6.07, 6.45) is 1.91. The van der Waals surface area contributed by atoms with Crippen molar-refractivity contribution in [2.75, 3.05) is 0 Å². The molecule has 0 atom stereocenters. The number of aromatic nitrogens is 2. The molecule has 102 valence electrons. The van der Waals surface area contributed by atoms with Gasteiger partial charge in [0, 0.05) is 11.3 Å². The third-order valence-electron chi connectivity index (χ3n) is 3.47. The van der Waals surface area contributed by atoms with Crippen molar-refractivity contribution >= 4 is 11.6 Å². The van der Waals surface area contributed by atoms with Crippen LogP contribution < -0.4 is 0 Å². The highest BCUT2D eigenvalue weighted by Crippen LogP contribution is 2.19. The van der Waals surface area contributed by atoms with E-state index in [1.54, 1.807) is 0 Å². The highest BCUT2D eigenvalue weighted by Gasteiger charge is 2.14. The van der Waals surface area contributed by atoms with Crippen molar-refractivity contribution in [1.29, 1.82) is 0 Å². The Morgan fingerprint density at radius 3 is 2.58 bits per heavy atom. The number of aryl methyl sites for hydroxylation is 2. The smallest absolute Gasteiger partial charge is 0.0669 e. The summed E-state index contributed by atoms with van der Waals surface area (Å²) in [7, 11) is 0. The first-order chi connectivity index (χ1) is 9.19. The maximum Gasteiger partial charge on any atom is 0.0669 e. The molecule has 2 nitrogen and oxygen atoms in total. The van der Waals surface area contributed by atoms with E-state index in [1.807, 2.05) is 0 Å². The van der Waals surface area contributed by atoms with Gasteiger partial charge >= 0.3 is 0 Å². The standard InChI is InChI=1S/C16H21ClN2/c1-4-15-14(10-17)16(5-2)19(18-15)11-13-8-6-7-12(3)9-13/h6-9H,4-5,10-11H2,1-3H3. The van der Waals surface area contributed by atoms with Crippen molar-refractivity contribution < 1.29 is 0 Å². The van der Waals surface area contributed by atoms with Crippen LogP contribution in [0.5, 0.6) is 0 Å². The van der Waals surface area contributed by atoms with E-state index >= 15 is 0 Å². The van der Waals surface area contributed by atoms with Crippen LogP contribution in [0.1, 0.15) is 41.9 Å². The van der Waals surface area contributed by atoms with Gasteiger partial charge < -0.3 is 0 Å². The van der Waals surface area contributed by atoms with Gasteiger partial charge in [-0.05, 0) is 25.3 Å². The molecule has 0 bridgehead atoms. The van der Waals surface area contributed by atoms with Gasteiger partial charge in [-0.25, -0.2) is 0 Å². The van der Waals surface area contributed by atoms with E-state index < -0.39 is 0 Å². The van der Waals surface area contributed by atoms with Crippen molar-refractivity contribution in [2.24, 2.45) is 0 Å². The minimum absolute atomic E-state index is 0.556. The molecule has 1 aromatic carbocycles. The number of hydrogen-bond acceptors (Lipinski definition) is 1. The van der Waals surface area contributed by atoms with E-state index in [1.165, 1.54) is 22.4 Å². The lowest BCUT2D eigenvalue weighted by Crippen LogP contribution is -2.06. The largest absolute Gasteiger partial charge is 0.265 e. The van der Waals surface area contributed by atoms with Crippen molar-refractivity contribution in [1.82, 2.24) is 9.78 Å². The fourth-order valence-electron chi connectivity index (χ4n) is 2.54. The second-order valence-corrected chi connectivity index (χ2v) is 5.13. The van der Waals surface area contributed by atoms with Gasteiger partial charge in [-0.15, -0.1) is 11.6 Å². The first kappa shape index (κ1) is 14.1. The minimum Gasteiger partial charge on any atom is -0.265 e. The summed E-state index contributed by atoms with van der Waals surface area (Å²) in [5.74, 6) is 0.556. The van der Waals surface area contributed by atoms with Gasteiger partial charge in [0.15, 0.2) is 0 Å². The van der Waals surface area contributed by atoms with Crippen LogP contribution in [0.15, 0.2) is 24.3 Å². The van der Waals surface area contributed by atoms with Gasteiger partial charge in [-0.1, -0.05) is 43.7 Å². The van der Waals surface area contributed by atoms with Crippen LogP contribution in [0.4, 0.5) is 0 Å². The molecule has 2 rings (SSSR count). The van der Waals surface area contributed by atoms with Gasteiger partial charge in [0.05, 0.1) is 18.1 Å². The van der Waals surface area contributed by atoms with Crippen molar-refractivity contribution in [3.63, 3.8) is 0 Å². The number of alkyl halides is 1. The summed E-state index contributed by atoms with van der Waals surface area (Å²) in [4.78, 5) is 0. The molecule has 0 saturated carbocycles.